The second-order valence-corrected chi connectivity index (χ2v) is 7.30. The molecular weight excluding hydrogens is 380 g/mol. The first kappa shape index (κ1) is 19.8. The van der Waals surface area contributed by atoms with Gasteiger partial charge in [-0.1, -0.05) is 29.8 Å². The van der Waals surface area contributed by atoms with Gasteiger partial charge >= 0.3 is 0 Å². The van der Waals surface area contributed by atoms with Gasteiger partial charge in [-0.05, 0) is 31.2 Å². The van der Waals surface area contributed by atoms with E-state index in [0.717, 1.165) is 43.1 Å². The Labute approximate surface area is 174 Å². The topological polar surface area (TPSA) is 76.5 Å². The molecule has 30 heavy (non-hydrogen) atoms. The minimum Gasteiger partial charge on any atom is -0.378 e. The molecule has 1 amide bonds. The van der Waals surface area contributed by atoms with Crippen LogP contribution in [0.4, 0.5) is 11.4 Å². The Morgan fingerprint density at radius 3 is 2.43 bits per heavy atom. The molecule has 154 valence electrons. The highest BCUT2D eigenvalue weighted by atomic mass is 16.5. The number of hydrogen-bond acceptors (Lipinski definition) is 5. The molecule has 2 aromatic carbocycles. The third-order valence-electron chi connectivity index (χ3n) is 5.07. The first-order valence-corrected chi connectivity index (χ1v) is 9.95. The quantitative estimate of drug-likeness (QED) is 0.708. The van der Waals surface area contributed by atoms with Crippen LogP contribution in [-0.2, 0) is 16.1 Å². The fourth-order valence-corrected chi connectivity index (χ4v) is 3.36. The number of hydrogen-bond donors (Lipinski definition) is 1. The molecule has 1 aliphatic rings. The predicted octanol–water partition coefficient (Wildman–Crippen LogP) is 2.69. The van der Waals surface area contributed by atoms with E-state index in [4.69, 9.17) is 4.74 Å². The number of carbonyl (C=O) groups is 1. The molecule has 4 rings (SSSR count). The SMILES string of the molecule is Cc1ccc(-c2cc(=O)n(CC(=O)Nc3ccc(N4CCOCC4)cc3)cn2)cc1. The molecule has 1 saturated heterocycles. The zero-order chi connectivity index (χ0) is 20.9. The van der Waals surface area contributed by atoms with E-state index in [1.54, 1.807) is 0 Å². The molecule has 0 atom stereocenters. The summed E-state index contributed by atoms with van der Waals surface area (Å²) in [6, 6.07) is 16.9. The first-order valence-electron chi connectivity index (χ1n) is 9.95. The number of anilines is 2. The number of morpholine rings is 1. The number of amides is 1. The standard InChI is InChI=1S/C23H24N4O3/c1-17-2-4-18(5-3-17)21-14-23(29)27(16-24-21)15-22(28)25-19-6-8-20(9-7-19)26-10-12-30-13-11-26/h2-9,14,16H,10-13,15H2,1H3,(H,25,28). The van der Waals surface area contributed by atoms with Crippen LogP contribution in [-0.4, -0.2) is 41.8 Å². The van der Waals surface area contributed by atoms with Gasteiger partial charge in [0.15, 0.2) is 0 Å². The van der Waals surface area contributed by atoms with E-state index >= 15 is 0 Å². The molecule has 1 fully saturated rings. The van der Waals surface area contributed by atoms with Crippen LogP contribution in [0.15, 0.2) is 65.7 Å². The summed E-state index contributed by atoms with van der Waals surface area (Å²) in [6.07, 6.45) is 1.42. The Morgan fingerprint density at radius 1 is 1.07 bits per heavy atom. The van der Waals surface area contributed by atoms with Gasteiger partial charge in [0.1, 0.15) is 6.54 Å². The van der Waals surface area contributed by atoms with Gasteiger partial charge < -0.3 is 15.0 Å². The normalized spacial score (nSPS) is 13.8. The van der Waals surface area contributed by atoms with E-state index in [0.29, 0.717) is 11.4 Å². The van der Waals surface area contributed by atoms with E-state index in [1.165, 1.54) is 17.0 Å². The number of ether oxygens (including phenoxy) is 1. The number of nitrogens with one attached hydrogen (secondary N) is 1. The Balaban J connectivity index is 1.39. The number of carbonyl (C=O) groups excluding carboxylic acids is 1. The van der Waals surface area contributed by atoms with Crippen molar-refractivity contribution in [3.63, 3.8) is 0 Å². The van der Waals surface area contributed by atoms with Crippen LogP contribution in [0, 0.1) is 6.92 Å². The van der Waals surface area contributed by atoms with Gasteiger partial charge in [-0.15, -0.1) is 0 Å². The summed E-state index contributed by atoms with van der Waals surface area (Å²) < 4.78 is 6.67. The zero-order valence-electron chi connectivity index (χ0n) is 16.9. The molecule has 1 aromatic heterocycles. The fraction of sp³-hybridized carbons (Fsp3) is 0.261. The molecule has 3 aromatic rings. The Bertz CT molecular complexity index is 1070. The maximum atomic E-state index is 12.4. The Hall–Kier alpha value is -3.45. The average molecular weight is 404 g/mol. The van der Waals surface area contributed by atoms with E-state index in [9.17, 15) is 9.59 Å². The van der Waals surface area contributed by atoms with Crippen LogP contribution in [0.2, 0.25) is 0 Å². The van der Waals surface area contributed by atoms with Crippen LogP contribution in [0.25, 0.3) is 11.3 Å². The molecule has 0 spiro atoms. The highest BCUT2D eigenvalue weighted by Crippen LogP contribution is 2.19. The lowest BCUT2D eigenvalue weighted by atomic mass is 10.1. The smallest absolute Gasteiger partial charge is 0.254 e. The van der Waals surface area contributed by atoms with Crippen molar-refractivity contribution in [3.05, 3.63) is 76.8 Å². The van der Waals surface area contributed by atoms with E-state index in [2.05, 4.69) is 15.2 Å². The molecule has 0 radical (unpaired) electrons. The van der Waals surface area contributed by atoms with Gasteiger partial charge in [0, 0.05) is 36.1 Å². The van der Waals surface area contributed by atoms with Crippen molar-refractivity contribution in [1.82, 2.24) is 9.55 Å². The molecule has 0 saturated carbocycles. The van der Waals surface area contributed by atoms with Gasteiger partial charge in [-0.25, -0.2) is 4.98 Å². The van der Waals surface area contributed by atoms with Crippen LogP contribution >= 0.6 is 0 Å². The third kappa shape index (κ3) is 4.75. The van der Waals surface area contributed by atoms with Crippen molar-refractivity contribution in [1.29, 1.82) is 0 Å². The first-order chi connectivity index (χ1) is 14.6. The molecule has 7 nitrogen and oxygen atoms in total. The minimum atomic E-state index is -0.277. The van der Waals surface area contributed by atoms with Crippen molar-refractivity contribution in [2.75, 3.05) is 36.5 Å². The third-order valence-corrected chi connectivity index (χ3v) is 5.07. The second-order valence-electron chi connectivity index (χ2n) is 7.30. The zero-order valence-corrected chi connectivity index (χ0v) is 16.9. The Kier molecular flexibility index (Phi) is 5.90. The van der Waals surface area contributed by atoms with Crippen LogP contribution in [0.3, 0.4) is 0 Å². The number of rotatable bonds is 5. The summed E-state index contributed by atoms with van der Waals surface area (Å²) >= 11 is 0. The largest absolute Gasteiger partial charge is 0.378 e. The molecular formula is C23H24N4O3. The number of aromatic nitrogens is 2. The average Bonchev–Trinajstić information content (AvgIpc) is 2.77. The molecule has 0 unspecified atom stereocenters. The maximum Gasteiger partial charge on any atom is 0.254 e. The van der Waals surface area contributed by atoms with Crippen molar-refractivity contribution in [2.24, 2.45) is 0 Å². The van der Waals surface area contributed by atoms with Gasteiger partial charge in [0.05, 0.1) is 25.2 Å². The Morgan fingerprint density at radius 2 is 1.77 bits per heavy atom. The lowest BCUT2D eigenvalue weighted by Gasteiger charge is -2.28. The van der Waals surface area contributed by atoms with E-state index in [-0.39, 0.29) is 18.0 Å². The lowest BCUT2D eigenvalue weighted by molar-refractivity contribution is -0.116. The summed E-state index contributed by atoms with van der Waals surface area (Å²) in [4.78, 5) is 31.4. The highest BCUT2D eigenvalue weighted by molar-refractivity contribution is 5.90. The van der Waals surface area contributed by atoms with Crippen molar-refractivity contribution in [2.45, 2.75) is 13.5 Å². The van der Waals surface area contributed by atoms with Crippen LogP contribution in [0.1, 0.15) is 5.56 Å². The summed E-state index contributed by atoms with van der Waals surface area (Å²) in [5.41, 5.74) is 4.13. The fourth-order valence-electron chi connectivity index (χ4n) is 3.36. The second kappa shape index (κ2) is 8.92. The molecule has 0 aliphatic carbocycles. The van der Waals surface area contributed by atoms with Crippen LogP contribution < -0.4 is 15.8 Å². The summed E-state index contributed by atoms with van der Waals surface area (Å²) in [7, 11) is 0. The number of benzene rings is 2. The summed E-state index contributed by atoms with van der Waals surface area (Å²) in [5.74, 6) is -0.277. The van der Waals surface area contributed by atoms with Gasteiger partial charge in [0.2, 0.25) is 5.91 Å². The maximum absolute atomic E-state index is 12.4. The summed E-state index contributed by atoms with van der Waals surface area (Å²) in [5, 5.41) is 2.83. The highest BCUT2D eigenvalue weighted by Gasteiger charge is 2.12. The number of aryl methyl sites for hydroxylation is 1. The van der Waals surface area contributed by atoms with Gasteiger partial charge in [0.25, 0.3) is 5.56 Å². The van der Waals surface area contributed by atoms with E-state index in [1.807, 2.05) is 55.5 Å². The van der Waals surface area contributed by atoms with Crippen molar-refractivity contribution < 1.29 is 9.53 Å². The van der Waals surface area contributed by atoms with Crippen LogP contribution in [0.5, 0.6) is 0 Å². The van der Waals surface area contributed by atoms with E-state index < -0.39 is 0 Å². The van der Waals surface area contributed by atoms with Crippen molar-refractivity contribution in [3.8, 4) is 11.3 Å². The monoisotopic (exact) mass is 404 g/mol. The molecule has 2 heterocycles. The predicted molar refractivity (Wildman–Crippen MR) is 117 cm³/mol. The van der Waals surface area contributed by atoms with Gasteiger partial charge in [-0.2, -0.15) is 0 Å². The van der Waals surface area contributed by atoms with Crippen molar-refractivity contribution >= 4 is 17.3 Å². The summed E-state index contributed by atoms with van der Waals surface area (Å²) in [6.45, 7) is 5.09. The molecule has 1 N–H and O–H groups in total. The molecule has 1 aliphatic heterocycles. The van der Waals surface area contributed by atoms with Gasteiger partial charge in [-0.3, -0.25) is 14.2 Å². The molecule has 7 heteroatoms. The number of nitrogens with zero attached hydrogens (tertiary/aromatic N) is 3. The lowest BCUT2D eigenvalue weighted by Crippen LogP contribution is -2.36. The molecule has 0 bridgehead atoms. The minimum absolute atomic E-state index is 0.0920.